The van der Waals surface area contributed by atoms with Gasteiger partial charge in [-0.2, -0.15) is 0 Å². The highest BCUT2D eigenvalue weighted by Crippen LogP contribution is 2.28. The Hall–Kier alpha value is -2.36. The number of hydrogen-bond acceptors (Lipinski definition) is 3. The number of fused-ring (bicyclic) bond motifs is 1. The Morgan fingerprint density at radius 3 is 2.65 bits per heavy atom. The molecule has 0 radical (unpaired) electrons. The van der Waals surface area contributed by atoms with Gasteiger partial charge < -0.3 is 10.1 Å². The molecule has 0 amide bonds. The maximum Gasteiger partial charge on any atom is 0.123 e. The quantitative estimate of drug-likeness (QED) is 0.723. The van der Waals surface area contributed by atoms with Crippen molar-refractivity contribution in [3.63, 3.8) is 0 Å². The smallest absolute Gasteiger partial charge is 0.123 e. The summed E-state index contributed by atoms with van der Waals surface area (Å²) < 4.78 is 5.62. The van der Waals surface area contributed by atoms with Gasteiger partial charge in [0.1, 0.15) is 5.75 Å². The molecule has 3 aromatic rings. The molecule has 1 aliphatic heterocycles. The lowest BCUT2D eigenvalue weighted by Gasteiger charge is -2.18. The zero-order valence-electron chi connectivity index (χ0n) is 15.3. The molecule has 1 saturated heterocycles. The lowest BCUT2D eigenvalue weighted by Crippen LogP contribution is -2.32. The van der Waals surface area contributed by atoms with E-state index in [1.807, 2.05) is 0 Å². The predicted octanol–water partition coefficient (Wildman–Crippen LogP) is 4.21. The first-order chi connectivity index (χ1) is 12.8. The Morgan fingerprint density at radius 2 is 1.81 bits per heavy atom. The van der Waals surface area contributed by atoms with E-state index in [1.165, 1.54) is 28.3 Å². The number of likely N-dealkylation sites (tertiary alicyclic amines) is 1. The molecule has 1 atom stereocenters. The fraction of sp³-hybridized carbons (Fsp3) is 0.304. The minimum absolute atomic E-state index is 0.530. The first kappa shape index (κ1) is 17.1. The fourth-order valence-electron chi connectivity index (χ4n) is 3.92. The molecule has 1 fully saturated rings. The summed E-state index contributed by atoms with van der Waals surface area (Å²) in [5, 5.41) is 6.30. The lowest BCUT2D eigenvalue weighted by atomic mass is 10.0. The van der Waals surface area contributed by atoms with E-state index in [0.717, 1.165) is 31.9 Å². The number of methoxy groups -OCH3 is 1. The van der Waals surface area contributed by atoms with E-state index >= 15 is 0 Å². The Balaban J connectivity index is 1.41. The van der Waals surface area contributed by atoms with E-state index < -0.39 is 0 Å². The van der Waals surface area contributed by atoms with Gasteiger partial charge in [-0.05, 0) is 28.8 Å². The molecule has 0 bridgehead atoms. The highest BCUT2D eigenvalue weighted by Gasteiger charge is 2.22. The van der Waals surface area contributed by atoms with Crippen molar-refractivity contribution in [2.24, 2.45) is 0 Å². The van der Waals surface area contributed by atoms with Crippen molar-refractivity contribution in [3.8, 4) is 5.75 Å². The summed E-state index contributed by atoms with van der Waals surface area (Å²) in [5.41, 5.74) is 2.65. The summed E-state index contributed by atoms with van der Waals surface area (Å²) in [6.07, 6.45) is 1.19. The van der Waals surface area contributed by atoms with Gasteiger partial charge in [0.2, 0.25) is 0 Å². The van der Waals surface area contributed by atoms with Gasteiger partial charge in [0, 0.05) is 37.8 Å². The van der Waals surface area contributed by atoms with E-state index in [-0.39, 0.29) is 0 Å². The van der Waals surface area contributed by atoms with Crippen molar-refractivity contribution in [2.45, 2.75) is 25.6 Å². The van der Waals surface area contributed by atoms with Gasteiger partial charge in [-0.1, -0.05) is 60.7 Å². The van der Waals surface area contributed by atoms with Crippen LogP contribution in [-0.2, 0) is 13.1 Å². The Bertz CT molecular complexity index is 862. The van der Waals surface area contributed by atoms with Crippen molar-refractivity contribution in [3.05, 3.63) is 77.9 Å². The number of nitrogens with zero attached hydrogens (tertiary/aromatic N) is 1. The Labute approximate surface area is 155 Å². The van der Waals surface area contributed by atoms with Gasteiger partial charge in [0.05, 0.1) is 7.11 Å². The molecule has 1 N–H and O–H groups in total. The molecule has 26 heavy (non-hydrogen) atoms. The fourth-order valence-corrected chi connectivity index (χ4v) is 3.92. The first-order valence-corrected chi connectivity index (χ1v) is 9.38. The normalized spacial score (nSPS) is 17.7. The number of benzene rings is 3. The van der Waals surface area contributed by atoms with E-state index in [0.29, 0.717) is 6.04 Å². The van der Waals surface area contributed by atoms with Crippen molar-refractivity contribution < 1.29 is 4.74 Å². The predicted molar refractivity (Wildman–Crippen MR) is 107 cm³/mol. The van der Waals surface area contributed by atoms with Crippen molar-refractivity contribution in [1.82, 2.24) is 10.2 Å². The molecule has 0 aromatic heterocycles. The largest absolute Gasteiger partial charge is 0.496 e. The highest BCUT2D eigenvalue weighted by molar-refractivity contribution is 5.87. The zero-order chi connectivity index (χ0) is 17.8. The SMILES string of the molecule is COc1ccc2ccccc2c1CNC1CCN(Cc2ccccc2)C1. The molecule has 4 rings (SSSR count). The second-order valence-electron chi connectivity index (χ2n) is 7.05. The van der Waals surface area contributed by atoms with Gasteiger partial charge in [-0.3, -0.25) is 4.90 Å². The van der Waals surface area contributed by atoms with E-state index in [1.54, 1.807) is 7.11 Å². The highest BCUT2D eigenvalue weighted by atomic mass is 16.5. The molecular weight excluding hydrogens is 320 g/mol. The zero-order valence-corrected chi connectivity index (χ0v) is 15.3. The van der Waals surface area contributed by atoms with Gasteiger partial charge in [-0.15, -0.1) is 0 Å². The minimum atomic E-state index is 0.530. The van der Waals surface area contributed by atoms with Gasteiger partial charge in [0.15, 0.2) is 0 Å². The summed E-state index contributed by atoms with van der Waals surface area (Å²) in [6, 6.07) is 24.0. The molecule has 134 valence electrons. The van der Waals surface area contributed by atoms with Gasteiger partial charge in [0.25, 0.3) is 0 Å². The molecular formula is C23H26N2O. The van der Waals surface area contributed by atoms with Gasteiger partial charge >= 0.3 is 0 Å². The van der Waals surface area contributed by atoms with Crippen molar-refractivity contribution in [2.75, 3.05) is 20.2 Å². The number of ether oxygens (including phenoxy) is 1. The molecule has 0 spiro atoms. The Morgan fingerprint density at radius 1 is 1.00 bits per heavy atom. The van der Waals surface area contributed by atoms with Crippen molar-refractivity contribution in [1.29, 1.82) is 0 Å². The molecule has 0 aliphatic carbocycles. The van der Waals surface area contributed by atoms with Crippen LogP contribution in [0.3, 0.4) is 0 Å². The van der Waals surface area contributed by atoms with Crippen LogP contribution in [0.5, 0.6) is 5.75 Å². The molecule has 1 heterocycles. The lowest BCUT2D eigenvalue weighted by molar-refractivity contribution is 0.319. The van der Waals surface area contributed by atoms with Crippen molar-refractivity contribution >= 4 is 10.8 Å². The third-order valence-electron chi connectivity index (χ3n) is 5.31. The maximum atomic E-state index is 5.62. The Kier molecular flexibility index (Phi) is 5.19. The number of rotatable bonds is 6. The van der Waals surface area contributed by atoms with Crippen LogP contribution in [0.2, 0.25) is 0 Å². The third kappa shape index (κ3) is 3.74. The summed E-state index contributed by atoms with van der Waals surface area (Å²) >= 11 is 0. The van der Waals surface area contributed by atoms with Crippen LogP contribution in [-0.4, -0.2) is 31.1 Å². The molecule has 1 unspecified atom stereocenters. The van der Waals surface area contributed by atoms with E-state index in [4.69, 9.17) is 4.74 Å². The standard InChI is InChI=1S/C23H26N2O/c1-26-23-12-11-19-9-5-6-10-21(19)22(23)15-24-20-13-14-25(17-20)16-18-7-3-2-4-8-18/h2-12,20,24H,13-17H2,1H3. The average molecular weight is 346 g/mol. The number of nitrogens with one attached hydrogen (secondary N) is 1. The van der Waals surface area contributed by atoms with Crippen LogP contribution in [0, 0.1) is 0 Å². The van der Waals surface area contributed by atoms with Crippen LogP contribution < -0.4 is 10.1 Å². The van der Waals surface area contributed by atoms with Crippen LogP contribution in [0.25, 0.3) is 10.8 Å². The second kappa shape index (κ2) is 7.90. The van der Waals surface area contributed by atoms with Gasteiger partial charge in [-0.25, -0.2) is 0 Å². The maximum absolute atomic E-state index is 5.62. The molecule has 3 nitrogen and oxygen atoms in total. The minimum Gasteiger partial charge on any atom is -0.496 e. The first-order valence-electron chi connectivity index (χ1n) is 9.38. The molecule has 1 aliphatic rings. The molecule has 0 saturated carbocycles. The topological polar surface area (TPSA) is 24.5 Å². The molecule has 3 aromatic carbocycles. The van der Waals surface area contributed by atoms with Crippen LogP contribution in [0.4, 0.5) is 0 Å². The number of hydrogen-bond donors (Lipinski definition) is 1. The average Bonchev–Trinajstić information content (AvgIpc) is 3.14. The summed E-state index contributed by atoms with van der Waals surface area (Å²) in [5.74, 6) is 0.968. The summed E-state index contributed by atoms with van der Waals surface area (Å²) in [4.78, 5) is 2.54. The monoisotopic (exact) mass is 346 g/mol. The summed E-state index contributed by atoms with van der Waals surface area (Å²) in [7, 11) is 1.75. The third-order valence-corrected chi connectivity index (χ3v) is 5.31. The summed E-state index contributed by atoms with van der Waals surface area (Å²) in [6.45, 7) is 4.13. The second-order valence-corrected chi connectivity index (χ2v) is 7.05. The molecule has 3 heteroatoms. The van der Waals surface area contributed by atoms with Crippen LogP contribution in [0.15, 0.2) is 66.7 Å². The van der Waals surface area contributed by atoms with E-state index in [2.05, 4.69) is 76.9 Å². The van der Waals surface area contributed by atoms with Crippen LogP contribution in [0.1, 0.15) is 17.5 Å². The van der Waals surface area contributed by atoms with E-state index in [9.17, 15) is 0 Å². The van der Waals surface area contributed by atoms with Crippen LogP contribution >= 0.6 is 0 Å².